The number of hydrogen-bond acceptors (Lipinski definition) is 4. The molecule has 1 aliphatic heterocycles. The Bertz CT molecular complexity index is 611. The Hall–Kier alpha value is -1.72. The molecular weight excluding hydrogens is 288 g/mol. The fourth-order valence-electron chi connectivity index (χ4n) is 3.37. The highest BCUT2D eigenvalue weighted by molar-refractivity contribution is 5.11. The summed E-state index contributed by atoms with van der Waals surface area (Å²) in [5.74, 6) is 1.76. The lowest BCUT2D eigenvalue weighted by atomic mass is 10.1. The van der Waals surface area contributed by atoms with Crippen LogP contribution < -0.4 is 0 Å². The Kier molecular flexibility index (Phi) is 5.41. The molecule has 1 saturated heterocycles. The van der Waals surface area contributed by atoms with Gasteiger partial charge in [0, 0.05) is 57.4 Å². The number of likely N-dealkylation sites (tertiary alicyclic amines) is 1. The van der Waals surface area contributed by atoms with Crippen molar-refractivity contribution >= 4 is 0 Å². The second-order valence-corrected chi connectivity index (χ2v) is 6.30. The van der Waals surface area contributed by atoms with Gasteiger partial charge in [-0.3, -0.25) is 9.88 Å². The number of nitrogens with zero attached hydrogens (tertiary/aromatic N) is 4. The molecule has 0 saturated carbocycles. The third-order valence-electron chi connectivity index (χ3n) is 4.57. The number of rotatable bonds is 7. The lowest BCUT2D eigenvalue weighted by molar-refractivity contribution is 0.189. The standard InChI is InChI=1S/C18H26N4O/c1-15-12-20-18(22(15)9-5-11-23-2)16-7-10-21(13-16)14-17-6-3-4-8-19-17/h3-4,6,8,12,16H,5,7,9-11,13-14H2,1-2H3. The van der Waals surface area contributed by atoms with Crippen LogP contribution in [0.25, 0.3) is 0 Å². The highest BCUT2D eigenvalue weighted by Gasteiger charge is 2.27. The van der Waals surface area contributed by atoms with Crippen LogP contribution in [0.2, 0.25) is 0 Å². The molecule has 124 valence electrons. The van der Waals surface area contributed by atoms with Crippen molar-refractivity contribution < 1.29 is 4.74 Å². The quantitative estimate of drug-likeness (QED) is 0.737. The lowest BCUT2D eigenvalue weighted by Gasteiger charge is -2.17. The van der Waals surface area contributed by atoms with Crippen LogP contribution in [0.3, 0.4) is 0 Å². The minimum Gasteiger partial charge on any atom is -0.385 e. The van der Waals surface area contributed by atoms with Crippen LogP contribution in [-0.4, -0.2) is 46.2 Å². The molecule has 5 heteroatoms. The van der Waals surface area contributed by atoms with Crippen molar-refractivity contribution in [1.29, 1.82) is 0 Å². The van der Waals surface area contributed by atoms with Crippen molar-refractivity contribution in [2.75, 3.05) is 26.8 Å². The lowest BCUT2D eigenvalue weighted by Crippen LogP contribution is -2.21. The van der Waals surface area contributed by atoms with Gasteiger partial charge in [0.05, 0.1) is 5.69 Å². The van der Waals surface area contributed by atoms with Gasteiger partial charge in [0.1, 0.15) is 5.82 Å². The molecule has 0 amide bonds. The second kappa shape index (κ2) is 7.70. The third-order valence-corrected chi connectivity index (χ3v) is 4.57. The fraction of sp³-hybridized carbons (Fsp3) is 0.556. The third kappa shape index (κ3) is 3.98. The van der Waals surface area contributed by atoms with E-state index in [1.807, 2.05) is 18.5 Å². The molecule has 0 aliphatic carbocycles. The van der Waals surface area contributed by atoms with Crippen molar-refractivity contribution in [2.24, 2.45) is 0 Å². The summed E-state index contributed by atoms with van der Waals surface area (Å²) in [5.41, 5.74) is 2.40. The maximum atomic E-state index is 5.18. The number of imidazole rings is 1. The molecular formula is C18H26N4O. The first kappa shape index (κ1) is 16.1. The van der Waals surface area contributed by atoms with Gasteiger partial charge < -0.3 is 9.30 Å². The Morgan fingerprint density at radius 2 is 2.22 bits per heavy atom. The Morgan fingerprint density at radius 1 is 1.30 bits per heavy atom. The smallest absolute Gasteiger partial charge is 0.113 e. The zero-order valence-electron chi connectivity index (χ0n) is 14.1. The van der Waals surface area contributed by atoms with E-state index in [1.54, 1.807) is 7.11 Å². The van der Waals surface area contributed by atoms with E-state index in [0.29, 0.717) is 5.92 Å². The van der Waals surface area contributed by atoms with Crippen LogP contribution in [0, 0.1) is 6.92 Å². The predicted octanol–water partition coefficient (Wildman–Crippen LogP) is 2.61. The summed E-state index contributed by atoms with van der Waals surface area (Å²) in [6.07, 6.45) is 6.08. The average molecular weight is 314 g/mol. The molecule has 3 heterocycles. The van der Waals surface area contributed by atoms with E-state index < -0.39 is 0 Å². The maximum absolute atomic E-state index is 5.18. The summed E-state index contributed by atoms with van der Waals surface area (Å²) in [6.45, 7) is 7.05. The van der Waals surface area contributed by atoms with Gasteiger partial charge in [-0.2, -0.15) is 0 Å². The Morgan fingerprint density at radius 3 is 3.00 bits per heavy atom. The summed E-state index contributed by atoms with van der Waals surface area (Å²) in [7, 11) is 1.76. The topological polar surface area (TPSA) is 43.2 Å². The molecule has 0 N–H and O–H groups in total. The normalized spacial score (nSPS) is 18.6. The molecule has 1 atom stereocenters. The van der Waals surface area contributed by atoms with E-state index in [9.17, 15) is 0 Å². The van der Waals surface area contributed by atoms with Crippen LogP contribution in [-0.2, 0) is 17.8 Å². The van der Waals surface area contributed by atoms with E-state index in [1.165, 1.54) is 17.9 Å². The van der Waals surface area contributed by atoms with E-state index in [2.05, 4.69) is 33.5 Å². The van der Waals surface area contributed by atoms with E-state index in [0.717, 1.165) is 44.9 Å². The zero-order chi connectivity index (χ0) is 16.1. The van der Waals surface area contributed by atoms with Gasteiger partial charge in [-0.05, 0) is 38.4 Å². The van der Waals surface area contributed by atoms with Crippen LogP contribution in [0.15, 0.2) is 30.6 Å². The minimum atomic E-state index is 0.523. The minimum absolute atomic E-state index is 0.523. The van der Waals surface area contributed by atoms with Gasteiger partial charge in [0.15, 0.2) is 0 Å². The number of ether oxygens (including phenoxy) is 1. The van der Waals surface area contributed by atoms with Crippen LogP contribution in [0.1, 0.15) is 36.0 Å². The number of methoxy groups -OCH3 is 1. The van der Waals surface area contributed by atoms with Crippen molar-refractivity contribution in [3.63, 3.8) is 0 Å². The fourth-order valence-corrected chi connectivity index (χ4v) is 3.37. The maximum Gasteiger partial charge on any atom is 0.113 e. The summed E-state index contributed by atoms with van der Waals surface area (Å²) in [5, 5.41) is 0. The highest BCUT2D eigenvalue weighted by atomic mass is 16.5. The van der Waals surface area contributed by atoms with Gasteiger partial charge in [0.25, 0.3) is 0 Å². The number of aromatic nitrogens is 3. The van der Waals surface area contributed by atoms with Crippen molar-refractivity contribution in [2.45, 2.75) is 38.8 Å². The number of hydrogen-bond donors (Lipinski definition) is 0. The van der Waals surface area contributed by atoms with Crippen molar-refractivity contribution in [3.8, 4) is 0 Å². The van der Waals surface area contributed by atoms with Gasteiger partial charge in [-0.1, -0.05) is 6.07 Å². The molecule has 2 aromatic rings. The molecule has 5 nitrogen and oxygen atoms in total. The van der Waals surface area contributed by atoms with Gasteiger partial charge in [-0.15, -0.1) is 0 Å². The first-order valence-electron chi connectivity index (χ1n) is 8.41. The Balaban J connectivity index is 1.62. The largest absolute Gasteiger partial charge is 0.385 e. The van der Waals surface area contributed by atoms with Crippen molar-refractivity contribution in [1.82, 2.24) is 19.4 Å². The molecule has 0 spiro atoms. The average Bonchev–Trinajstić information content (AvgIpc) is 3.16. The SMILES string of the molecule is COCCCn1c(C)cnc1C1CCN(Cc2ccccn2)C1. The van der Waals surface area contributed by atoms with Crippen LogP contribution in [0.5, 0.6) is 0 Å². The molecule has 0 bridgehead atoms. The van der Waals surface area contributed by atoms with Crippen LogP contribution in [0.4, 0.5) is 0 Å². The summed E-state index contributed by atoms with van der Waals surface area (Å²) < 4.78 is 7.55. The molecule has 1 aliphatic rings. The van der Waals surface area contributed by atoms with Gasteiger partial charge in [-0.25, -0.2) is 4.98 Å². The van der Waals surface area contributed by atoms with E-state index >= 15 is 0 Å². The monoisotopic (exact) mass is 314 g/mol. The molecule has 23 heavy (non-hydrogen) atoms. The van der Waals surface area contributed by atoms with Crippen molar-refractivity contribution in [3.05, 3.63) is 47.8 Å². The zero-order valence-corrected chi connectivity index (χ0v) is 14.1. The molecule has 1 unspecified atom stereocenters. The second-order valence-electron chi connectivity index (χ2n) is 6.30. The molecule has 3 rings (SSSR count). The first-order chi connectivity index (χ1) is 11.3. The van der Waals surface area contributed by atoms with E-state index in [4.69, 9.17) is 9.72 Å². The molecule has 0 radical (unpaired) electrons. The van der Waals surface area contributed by atoms with Crippen LogP contribution >= 0.6 is 0 Å². The van der Waals surface area contributed by atoms with E-state index in [-0.39, 0.29) is 0 Å². The predicted molar refractivity (Wildman–Crippen MR) is 90.3 cm³/mol. The summed E-state index contributed by atoms with van der Waals surface area (Å²) in [6, 6.07) is 6.13. The van der Waals surface area contributed by atoms with Gasteiger partial charge >= 0.3 is 0 Å². The highest BCUT2D eigenvalue weighted by Crippen LogP contribution is 2.28. The number of pyridine rings is 1. The first-order valence-corrected chi connectivity index (χ1v) is 8.41. The Labute approximate surface area is 138 Å². The molecule has 0 aromatic carbocycles. The summed E-state index contributed by atoms with van der Waals surface area (Å²) >= 11 is 0. The molecule has 2 aromatic heterocycles. The number of aryl methyl sites for hydroxylation is 1. The van der Waals surface area contributed by atoms with Gasteiger partial charge in [0.2, 0.25) is 0 Å². The summed E-state index contributed by atoms with van der Waals surface area (Å²) in [4.78, 5) is 11.6. The molecule has 1 fully saturated rings.